The summed E-state index contributed by atoms with van der Waals surface area (Å²) >= 11 is 11.9. The van der Waals surface area contributed by atoms with Gasteiger partial charge in [0.1, 0.15) is 0 Å². The van der Waals surface area contributed by atoms with Crippen LogP contribution in [0.3, 0.4) is 0 Å². The molecule has 0 saturated heterocycles. The zero-order valence-corrected chi connectivity index (χ0v) is 11.5. The summed E-state index contributed by atoms with van der Waals surface area (Å²) in [4.78, 5) is 0. The summed E-state index contributed by atoms with van der Waals surface area (Å²) < 4.78 is 0. The van der Waals surface area contributed by atoms with Crippen molar-refractivity contribution in [3.8, 4) is 0 Å². The Morgan fingerprint density at radius 3 is 2.79 bits per heavy atom. The number of fused-ring (bicyclic) bond motifs is 1. The normalized spacial score (nSPS) is 10.8. The number of aromatic amines is 1. The highest BCUT2D eigenvalue weighted by molar-refractivity contribution is 6.42. The highest BCUT2D eigenvalue weighted by Crippen LogP contribution is 2.23. The van der Waals surface area contributed by atoms with Gasteiger partial charge in [-0.1, -0.05) is 29.3 Å². The Kier molecular flexibility index (Phi) is 3.32. The predicted octanol–water partition coefficient (Wildman–Crippen LogP) is 4.48. The number of aromatic nitrogens is 2. The number of hydrogen-bond acceptors (Lipinski definition) is 2. The predicted molar refractivity (Wildman–Crippen MR) is 79.9 cm³/mol. The molecule has 2 N–H and O–H groups in total. The third-order valence-electron chi connectivity index (χ3n) is 2.92. The molecule has 0 unspecified atom stereocenters. The highest BCUT2D eigenvalue weighted by Gasteiger charge is 2.01. The van der Waals surface area contributed by atoms with E-state index in [4.69, 9.17) is 23.2 Å². The van der Waals surface area contributed by atoms with Gasteiger partial charge >= 0.3 is 0 Å². The van der Waals surface area contributed by atoms with E-state index in [1.54, 1.807) is 12.3 Å². The lowest BCUT2D eigenvalue weighted by atomic mass is 10.2. The first-order chi connectivity index (χ1) is 9.22. The van der Waals surface area contributed by atoms with Crippen LogP contribution in [0.4, 0.5) is 5.69 Å². The van der Waals surface area contributed by atoms with Crippen LogP contribution in [0.1, 0.15) is 5.56 Å². The monoisotopic (exact) mass is 291 g/mol. The number of rotatable bonds is 3. The number of benzene rings is 2. The van der Waals surface area contributed by atoms with Crippen molar-refractivity contribution in [2.75, 3.05) is 5.32 Å². The second kappa shape index (κ2) is 5.11. The Balaban J connectivity index is 1.75. The fraction of sp³-hybridized carbons (Fsp3) is 0.0714. The summed E-state index contributed by atoms with van der Waals surface area (Å²) in [6.45, 7) is 0.695. The zero-order valence-electron chi connectivity index (χ0n) is 9.95. The maximum absolute atomic E-state index is 5.99. The third-order valence-corrected chi connectivity index (χ3v) is 3.66. The van der Waals surface area contributed by atoms with E-state index in [1.807, 2.05) is 24.3 Å². The molecule has 0 fully saturated rings. The van der Waals surface area contributed by atoms with Crippen LogP contribution in [0.15, 0.2) is 42.6 Å². The Labute approximate surface area is 120 Å². The molecule has 3 nitrogen and oxygen atoms in total. The van der Waals surface area contributed by atoms with Crippen molar-refractivity contribution >= 4 is 39.8 Å². The van der Waals surface area contributed by atoms with Gasteiger partial charge < -0.3 is 5.32 Å². The summed E-state index contributed by atoms with van der Waals surface area (Å²) in [6, 6.07) is 11.7. The van der Waals surface area contributed by atoms with E-state index in [0.29, 0.717) is 16.6 Å². The molecule has 19 heavy (non-hydrogen) atoms. The van der Waals surface area contributed by atoms with Crippen LogP contribution < -0.4 is 5.32 Å². The van der Waals surface area contributed by atoms with Crippen LogP contribution in [0, 0.1) is 0 Å². The van der Waals surface area contributed by atoms with Crippen LogP contribution in [-0.2, 0) is 6.54 Å². The average molecular weight is 292 g/mol. The van der Waals surface area contributed by atoms with E-state index in [0.717, 1.165) is 22.2 Å². The van der Waals surface area contributed by atoms with Gasteiger partial charge in [0.05, 0.1) is 21.8 Å². The Hall–Kier alpha value is -1.71. The SMILES string of the molecule is Clc1ccc(CNc2ccc3[nH]ncc3c2)cc1Cl. The first kappa shape index (κ1) is 12.3. The topological polar surface area (TPSA) is 40.7 Å². The van der Waals surface area contributed by atoms with E-state index < -0.39 is 0 Å². The second-order valence-electron chi connectivity index (χ2n) is 4.27. The lowest BCUT2D eigenvalue weighted by Gasteiger charge is -2.07. The lowest BCUT2D eigenvalue weighted by molar-refractivity contribution is 1.12. The molecule has 0 aliphatic rings. The van der Waals surface area contributed by atoms with Gasteiger partial charge in [-0.15, -0.1) is 0 Å². The van der Waals surface area contributed by atoms with Gasteiger partial charge in [-0.2, -0.15) is 5.10 Å². The number of halogens is 2. The van der Waals surface area contributed by atoms with Gasteiger partial charge in [0.25, 0.3) is 0 Å². The van der Waals surface area contributed by atoms with Gasteiger partial charge in [-0.3, -0.25) is 5.10 Å². The molecular formula is C14H11Cl2N3. The zero-order chi connectivity index (χ0) is 13.2. The Morgan fingerprint density at radius 1 is 1.05 bits per heavy atom. The van der Waals surface area contributed by atoms with Gasteiger partial charge in [0.15, 0.2) is 0 Å². The van der Waals surface area contributed by atoms with Crippen LogP contribution in [0.2, 0.25) is 10.0 Å². The minimum absolute atomic E-state index is 0.574. The molecule has 3 rings (SSSR count). The first-order valence-corrected chi connectivity index (χ1v) is 6.59. The van der Waals surface area contributed by atoms with Crippen molar-refractivity contribution in [1.82, 2.24) is 10.2 Å². The summed E-state index contributed by atoms with van der Waals surface area (Å²) in [5, 5.41) is 12.5. The van der Waals surface area contributed by atoms with E-state index in [2.05, 4.69) is 21.6 Å². The minimum atomic E-state index is 0.574. The maximum atomic E-state index is 5.99. The summed E-state index contributed by atoms with van der Waals surface area (Å²) in [7, 11) is 0. The largest absolute Gasteiger partial charge is 0.381 e. The van der Waals surface area contributed by atoms with E-state index >= 15 is 0 Å². The van der Waals surface area contributed by atoms with Gasteiger partial charge in [0, 0.05) is 17.6 Å². The number of anilines is 1. The smallest absolute Gasteiger partial charge is 0.0651 e. The molecule has 3 aromatic rings. The number of nitrogens with zero attached hydrogens (tertiary/aromatic N) is 1. The molecule has 5 heteroatoms. The Bertz CT molecular complexity index is 722. The lowest BCUT2D eigenvalue weighted by Crippen LogP contribution is -1.99. The van der Waals surface area contributed by atoms with Crippen LogP contribution in [-0.4, -0.2) is 10.2 Å². The van der Waals surface area contributed by atoms with Crippen molar-refractivity contribution in [3.05, 3.63) is 58.2 Å². The van der Waals surface area contributed by atoms with Gasteiger partial charge in [-0.05, 0) is 35.9 Å². The summed E-state index contributed by atoms with van der Waals surface area (Å²) in [5.74, 6) is 0. The van der Waals surface area contributed by atoms with E-state index in [1.165, 1.54) is 0 Å². The molecule has 0 aliphatic carbocycles. The van der Waals surface area contributed by atoms with Crippen molar-refractivity contribution in [3.63, 3.8) is 0 Å². The molecule has 96 valence electrons. The molecule has 0 spiro atoms. The number of nitrogens with one attached hydrogen (secondary N) is 2. The molecule has 0 bridgehead atoms. The van der Waals surface area contributed by atoms with Crippen molar-refractivity contribution in [2.45, 2.75) is 6.54 Å². The fourth-order valence-corrected chi connectivity index (χ4v) is 2.23. The van der Waals surface area contributed by atoms with Crippen LogP contribution >= 0.6 is 23.2 Å². The fourth-order valence-electron chi connectivity index (χ4n) is 1.91. The molecule has 1 aromatic heterocycles. The molecule has 1 heterocycles. The van der Waals surface area contributed by atoms with Crippen molar-refractivity contribution < 1.29 is 0 Å². The van der Waals surface area contributed by atoms with Gasteiger partial charge in [0.2, 0.25) is 0 Å². The molecular weight excluding hydrogens is 281 g/mol. The standard InChI is InChI=1S/C14H11Cl2N3/c15-12-3-1-9(5-13(12)16)7-17-11-2-4-14-10(6-11)8-18-19-14/h1-6,8,17H,7H2,(H,18,19). The van der Waals surface area contributed by atoms with Crippen molar-refractivity contribution in [2.24, 2.45) is 0 Å². The molecule has 0 aliphatic heterocycles. The number of H-pyrrole nitrogens is 1. The quantitative estimate of drug-likeness (QED) is 0.747. The maximum Gasteiger partial charge on any atom is 0.0651 e. The summed E-state index contributed by atoms with van der Waals surface area (Å²) in [6.07, 6.45) is 1.81. The Morgan fingerprint density at radius 2 is 1.95 bits per heavy atom. The number of hydrogen-bond donors (Lipinski definition) is 2. The van der Waals surface area contributed by atoms with Crippen LogP contribution in [0.25, 0.3) is 10.9 Å². The van der Waals surface area contributed by atoms with E-state index in [-0.39, 0.29) is 0 Å². The molecule has 2 aromatic carbocycles. The minimum Gasteiger partial charge on any atom is -0.381 e. The molecule has 0 radical (unpaired) electrons. The van der Waals surface area contributed by atoms with Crippen LogP contribution in [0.5, 0.6) is 0 Å². The third kappa shape index (κ3) is 2.67. The van der Waals surface area contributed by atoms with E-state index in [9.17, 15) is 0 Å². The highest BCUT2D eigenvalue weighted by atomic mass is 35.5. The molecule has 0 atom stereocenters. The molecule has 0 amide bonds. The molecule has 0 saturated carbocycles. The average Bonchev–Trinajstić information content (AvgIpc) is 2.87. The first-order valence-electron chi connectivity index (χ1n) is 5.83. The second-order valence-corrected chi connectivity index (χ2v) is 5.09. The van der Waals surface area contributed by atoms with Crippen molar-refractivity contribution in [1.29, 1.82) is 0 Å². The summed E-state index contributed by atoms with van der Waals surface area (Å²) in [5.41, 5.74) is 3.15. The van der Waals surface area contributed by atoms with Gasteiger partial charge in [-0.25, -0.2) is 0 Å².